The summed E-state index contributed by atoms with van der Waals surface area (Å²) in [6.07, 6.45) is 0.513. The van der Waals surface area contributed by atoms with E-state index in [2.05, 4.69) is 38.4 Å². The molecule has 0 saturated carbocycles. The van der Waals surface area contributed by atoms with Gasteiger partial charge in [0, 0.05) is 22.0 Å². The van der Waals surface area contributed by atoms with Crippen molar-refractivity contribution in [3.8, 4) is 11.1 Å². The lowest BCUT2D eigenvalue weighted by Gasteiger charge is -2.16. The highest BCUT2D eigenvalue weighted by Gasteiger charge is 2.29. The standard InChI is InChI=1S/C25H17BrN2O4/c26-14-9-10-22-19(11-14)23(20(12-27-22)24(29)30)28-25(31)32-13-21-17-7-3-1-5-15(17)16-6-2-4-8-18(16)21/h1-12,21H,13H2,(H,29,30)(H,27,28,31). The average molecular weight is 489 g/mol. The van der Waals surface area contributed by atoms with Crippen LogP contribution >= 0.6 is 15.9 Å². The zero-order valence-electron chi connectivity index (χ0n) is 16.7. The number of nitrogens with zero attached hydrogens (tertiary/aromatic N) is 1. The van der Waals surface area contributed by atoms with E-state index < -0.39 is 12.1 Å². The second-order valence-electron chi connectivity index (χ2n) is 7.46. The summed E-state index contributed by atoms with van der Waals surface area (Å²) in [5.41, 5.74) is 5.08. The van der Waals surface area contributed by atoms with Gasteiger partial charge in [0.2, 0.25) is 0 Å². The topological polar surface area (TPSA) is 88.5 Å². The summed E-state index contributed by atoms with van der Waals surface area (Å²) in [5.74, 6) is -1.27. The molecule has 6 nitrogen and oxygen atoms in total. The molecule has 7 heteroatoms. The molecule has 0 aliphatic heterocycles. The molecule has 0 bridgehead atoms. The Morgan fingerprint density at radius 3 is 2.31 bits per heavy atom. The van der Waals surface area contributed by atoms with Crippen molar-refractivity contribution in [2.24, 2.45) is 0 Å². The Morgan fingerprint density at radius 2 is 1.66 bits per heavy atom. The third-order valence-electron chi connectivity index (χ3n) is 5.63. The molecule has 1 amide bonds. The average Bonchev–Trinajstić information content (AvgIpc) is 3.11. The lowest BCUT2D eigenvalue weighted by molar-refractivity contribution is 0.0697. The third-order valence-corrected chi connectivity index (χ3v) is 6.12. The molecule has 3 aromatic carbocycles. The Kier molecular flexibility index (Phi) is 5.11. The second kappa shape index (κ2) is 8.09. The summed E-state index contributed by atoms with van der Waals surface area (Å²) >= 11 is 3.38. The van der Waals surface area contributed by atoms with Crippen molar-refractivity contribution < 1.29 is 19.4 Å². The Hall–Kier alpha value is -3.71. The summed E-state index contributed by atoms with van der Waals surface area (Å²) in [6, 6.07) is 21.4. The minimum Gasteiger partial charge on any atom is -0.478 e. The van der Waals surface area contributed by atoms with Crippen LogP contribution in [-0.4, -0.2) is 28.8 Å². The fraction of sp³-hybridized carbons (Fsp3) is 0.0800. The monoisotopic (exact) mass is 488 g/mol. The maximum absolute atomic E-state index is 12.7. The van der Waals surface area contributed by atoms with E-state index >= 15 is 0 Å². The Bertz CT molecular complexity index is 1340. The van der Waals surface area contributed by atoms with Crippen molar-refractivity contribution in [3.63, 3.8) is 0 Å². The van der Waals surface area contributed by atoms with E-state index in [0.29, 0.717) is 10.9 Å². The van der Waals surface area contributed by atoms with Crippen LogP contribution in [0.15, 0.2) is 77.4 Å². The number of halogens is 1. The molecule has 4 aromatic rings. The smallest absolute Gasteiger partial charge is 0.411 e. The lowest BCUT2D eigenvalue weighted by atomic mass is 9.98. The largest absolute Gasteiger partial charge is 0.478 e. The fourth-order valence-corrected chi connectivity index (χ4v) is 4.56. The number of amides is 1. The number of nitrogens with one attached hydrogen (secondary N) is 1. The summed E-state index contributed by atoms with van der Waals surface area (Å²) in [6.45, 7) is 0.134. The van der Waals surface area contributed by atoms with Crippen LogP contribution in [0.4, 0.5) is 10.5 Å². The number of carboxylic acids is 1. The van der Waals surface area contributed by atoms with Gasteiger partial charge in [0.15, 0.2) is 0 Å². The van der Waals surface area contributed by atoms with Crippen molar-refractivity contribution in [3.05, 3.63) is 94.1 Å². The van der Waals surface area contributed by atoms with E-state index in [4.69, 9.17) is 4.74 Å². The molecule has 0 saturated heterocycles. The van der Waals surface area contributed by atoms with E-state index in [1.807, 2.05) is 36.4 Å². The molecule has 0 spiro atoms. The van der Waals surface area contributed by atoms with Crippen LogP contribution in [0, 0.1) is 0 Å². The first-order valence-corrected chi connectivity index (χ1v) is 10.8. The van der Waals surface area contributed by atoms with Gasteiger partial charge in [0.25, 0.3) is 0 Å². The molecule has 1 aliphatic rings. The van der Waals surface area contributed by atoms with Gasteiger partial charge in [-0.3, -0.25) is 10.3 Å². The van der Waals surface area contributed by atoms with Crippen molar-refractivity contribution in [1.82, 2.24) is 4.98 Å². The van der Waals surface area contributed by atoms with Gasteiger partial charge in [-0.15, -0.1) is 0 Å². The van der Waals surface area contributed by atoms with Gasteiger partial charge in [0.1, 0.15) is 12.2 Å². The van der Waals surface area contributed by atoms with Crippen LogP contribution < -0.4 is 5.32 Å². The Morgan fingerprint density at radius 1 is 1.00 bits per heavy atom. The molecule has 0 atom stereocenters. The van der Waals surface area contributed by atoms with E-state index in [1.165, 1.54) is 6.20 Å². The number of aromatic nitrogens is 1. The predicted octanol–water partition coefficient (Wildman–Crippen LogP) is 6.06. The highest BCUT2D eigenvalue weighted by Crippen LogP contribution is 2.44. The van der Waals surface area contributed by atoms with Gasteiger partial charge in [-0.1, -0.05) is 64.5 Å². The molecule has 32 heavy (non-hydrogen) atoms. The number of rotatable bonds is 4. The van der Waals surface area contributed by atoms with Crippen molar-refractivity contribution >= 4 is 44.6 Å². The number of fused-ring (bicyclic) bond motifs is 4. The SMILES string of the molecule is O=C(Nc1c(C(=O)O)cnc2ccc(Br)cc12)OCC1c2ccccc2-c2ccccc21. The Balaban J connectivity index is 1.42. The second-order valence-corrected chi connectivity index (χ2v) is 8.38. The molecular formula is C25H17BrN2O4. The van der Waals surface area contributed by atoms with E-state index in [9.17, 15) is 14.7 Å². The fourth-order valence-electron chi connectivity index (χ4n) is 4.20. The van der Waals surface area contributed by atoms with Crippen LogP contribution in [0.5, 0.6) is 0 Å². The Labute approximate surface area is 192 Å². The molecule has 158 valence electrons. The number of pyridine rings is 1. The quantitative estimate of drug-likeness (QED) is 0.364. The highest BCUT2D eigenvalue weighted by atomic mass is 79.9. The molecule has 1 heterocycles. The van der Waals surface area contributed by atoms with Gasteiger partial charge in [0.05, 0.1) is 11.2 Å². The number of carbonyl (C=O) groups is 2. The van der Waals surface area contributed by atoms with Crippen molar-refractivity contribution in [2.45, 2.75) is 5.92 Å². The van der Waals surface area contributed by atoms with Crippen molar-refractivity contribution in [2.75, 3.05) is 11.9 Å². The van der Waals surface area contributed by atoms with Crippen LogP contribution in [0.2, 0.25) is 0 Å². The van der Waals surface area contributed by atoms with Gasteiger partial charge in [-0.05, 0) is 40.5 Å². The molecule has 1 aromatic heterocycles. The molecule has 0 radical (unpaired) electrons. The molecule has 5 rings (SSSR count). The van der Waals surface area contributed by atoms with Crippen LogP contribution in [0.3, 0.4) is 0 Å². The third kappa shape index (κ3) is 3.50. The number of carboxylic acid groups (broad SMARTS) is 1. The minimum atomic E-state index is -1.19. The number of hydrogen-bond acceptors (Lipinski definition) is 4. The molecule has 0 fully saturated rings. The normalized spacial score (nSPS) is 12.3. The van der Waals surface area contributed by atoms with Gasteiger partial charge < -0.3 is 9.84 Å². The number of carbonyl (C=O) groups excluding carboxylic acids is 1. The van der Waals surface area contributed by atoms with Crippen LogP contribution in [0.1, 0.15) is 27.4 Å². The predicted molar refractivity (Wildman–Crippen MR) is 125 cm³/mol. The zero-order valence-corrected chi connectivity index (χ0v) is 18.3. The number of benzene rings is 3. The maximum atomic E-state index is 12.7. The van der Waals surface area contributed by atoms with Gasteiger partial charge in [-0.25, -0.2) is 9.59 Å². The molecular weight excluding hydrogens is 472 g/mol. The van der Waals surface area contributed by atoms with Crippen molar-refractivity contribution in [1.29, 1.82) is 0 Å². The molecule has 2 N–H and O–H groups in total. The zero-order chi connectivity index (χ0) is 22.2. The first-order valence-electron chi connectivity index (χ1n) is 9.96. The first-order chi connectivity index (χ1) is 15.5. The number of aromatic carboxylic acids is 1. The molecule has 1 aliphatic carbocycles. The lowest BCUT2D eigenvalue weighted by Crippen LogP contribution is -2.19. The van der Waals surface area contributed by atoms with E-state index in [-0.39, 0.29) is 23.8 Å². The number of anilines is 1. The van der Waals surface area contributed by atoms with E-state index in [0.717, 1.165) is 26.7 Å². The van der Waals surface area contributed by atoms with Crippen LogP contribution in [0.25, 0.3) is 22.0 Å². The van der Waals surface area contributed by atoms with E-state index in [1.54, 1.807) is 18.2 Å². The first kappa shape index (κ1) is 20.2. The summed E-state index contributed by atoms with van der Waals surface area (Å²) in [5, 5.41) is 12.7. The van der Waals surface area contributed by atoms with Gasteiger partial charge >= 0.3 is 12.1 Å². The summed E-state index contributed by atoms with van der Waals surface area (Å²) in [7, 11) is 0. The summed E-state index contributed by atoms with van der Waals surface area (Å²) in [4.78, 5) is 28.6. The maximum Gasteiger partial charge on any atom is 0.411 e. The molecule has 0 unspecified atom stereocenters. The van der Waals surface area contributed by atoms with Crippen LogP contribution in [-0.2, 0) is 4.74 Å². The number of ether oxygens (including phenoxy) is 1. The summed E-state index contributed by atoms with van der Waals surface area (Å²) < 4.78 is 6.32. The minimum absolute atomic E-state index is 0.0876. The highest BCUT2D eigenvalue weighted by molar-refractivity contribution is 9.10. The number of hydrogen-bond donors (Lipinski definition) is 2. The van der Waals surface area contributed by atoms with Gasteiger partial charge in [-0.2, -0.15) is 0 Å².